The number of aryl methyl sites for hydroxylation is 18. The van der Waals surface area contributed by atoms with E-state index < -0.39 is 9.84 Å². The molecule has 6 amide bonds. The minimum absolute atomic E-state index is 0.0405. The number of hydrogen-bond donors (Lipinski definition) is 6. The number of carbonyl (C=O) groups is 7. The van der Waals surface area contributed by atoms with Gasteiger partial charge >= 0.3 is 0 Å². The average Bonchev–Trinajstić information content (AvgIpc) is 0.784. The molecule has 0 spiro atoms. The van der Waals surface area contributed by atoms with E-state index in [2.05, 4.69) is 70.0 Å². The molecule has 6 N–H and O–H groups in total. The molecule has 592 valence electrons. The Morgan fingerprint density at radius 2 is 0.388 bits per heavy atom. The standard InChI is InChI=1S/C35H38N2O2.C33H32N2O3.C32H32N2O4S/c1-21-9-13-27(17-25(21)5)33(38)36-31-19-29(15-11-23(31)3)35(7,8)30-16-12-24(4)32(20-30)37-34(39)28-14-10-22(2)26(6)18-28;1-19-7-13-27(15-23(19)5)32(37)34-29-17-25(11-9-21(29)3)31(36)26-12-10-22(4)30(18-26)35-33(38)28-14-8-20(2)24(6)16-28;1-19-7-11-25(15-23(19)5)31(35)33-29-17-27(13-9-21(29)3)39(37,38)28-14-10-22(4)30(18-28)34-32(36)26-12-8-20(2)24(6)16-26/h9-20H,1-8H3,(H,36,38)(H,37,39);7-18H,1-6H3,(H,34,37)(H,35,38);7-18H,1-6H3,(H,33,35)(H,34,36). The lowest BCUT2D eigenvalue weighted by atomic mass is 9.77. The normalized spacial score (nSPS) is 11.1. The Morgan fingerprint density at radius 3 is 0.612 bits per heavy atom. The van der Waals surface area contributed by atoms with Crippen molar-refractivity contribution in [2.45, 2.75) is 154 Å². The number of sulfone groups is 1. The number of benzene rings is 12. The van der Waals surface area contributed by atoms with Crippen molar-refractivity contribution in [3.63, 3.8) is 0 Å². The van der Waals surface area contributed by atoms with E-state index in [-0.39, 0.29) is 56.4 Å². The molecule has 16 heteroatoms. The van der Waals surface area contributed by atoms with Crippen LogP contribution in [0.5, 0.6) is 0 Å². The summed E-state index contributed by atoms with van der Waals surface area (Å²) in [4.78, 5) is 91.2. The Hall–Kier alpha value is -12.9. The largest absolute Gasteiger partial charge is 0.322 e. The maximum atomic E-state index is 13.6. The van der Waals surface area contributed by atoms with Gasteiger partial charge in [-0.3, -0.25) is 33.6 Å². The fourth-order valence-electron chi connectivity index (χ4n) is 12.8. The number of hydrogen-bond acceptors (Lipinski definition) is 9. The fraction of sp³-hybridized carbons (Fsp3) is 0.210. The zero-order valence-corrected chi connectivity index (χ0v) is 70.7. The van der Waals surface area contributed by atoms with Gasteiger partial charge in [-0.05, 0) is 357 Å². The van der Waals surface area contributed by atoms with E-state index in [0.717, 1.165) is 123 Å². The van der Waals surface area contributed by atoms with Crippen LogP contribution in [0.1, 0.15) is 203 Å². The van der Waals surface area contributed by atoms with Crippen molar-refractivity contribution in [3.05, 3.63) is 374 Å². The number of nitrogens with one attached hydrogen (secondary N) is 6. The first-order valence-corrected chi connectivity index (χ1v) is 40.0. The van der Waals surface area contributed by atoms with E-state index in [1.54, 1.807) is 86.6 Å². The van der Waals surface area contributed by atoms with Crippen LogP contribution in [0.15, 0.2) is 228 Å². The van der Waals surface area contributed by atoms with Crippen molar-refractivity contribution in [2.24, 2.45) is 0 Å². The minimum atomic E-state index is -3.95. The molecule has 12 aromatic carbocycles. The molecule has 0 unspecified atom stereocenters. The predicted octanol–water partition coefficient (Wildman–Crippen LogP) is 22.5. The summed E-state index contributed by atoms with van der Waals surface area (Å²) in [6.07, 6.45) is 0. The molecule has 116 heavy (non-hydrogen) atoms. The first-order valence-electron chi connectivity index (χ1n) is 38.5. The van der Waals surface area contributed by atoms with Gasteiger partial charge in [-0.15, -0.1) is 0 Å². The second-order valence-electron chi connectivity index (χ2n) is 31.0. The molecule has 0 bridgehead atoms. The van der Waals surface area contributed by atoms with Gasteiger partial charge in [-0.2, -0.15) is 0 Å². The molecule has 0 atom stereocenters. The molecule has 0 fully saturated rings. The van der Waals surface area contributed by atoms with E-state index in [4.69, 9.17) is 0 Å². The van der Waals surface area contributed by atoms with Crippen LogP contribution < -0.4 is 31.9 Å². The van der Waals surface area contributed by atoms with Crippen LogP contribution in [-0.2, 0) is 15.3 Å². The summed E-state index contributed by atoms with van der Waals surface area (Å²) in [6, 6.07) is 65.8. The third-order valence-corrected chi connectivity index (χ3v) is 23.8. The lowest BCUT2D eigenvalue weighted by Gasteiger charge is -2.28. The highest BCUT2D eigenvalue weighted by Gasteiger charge is 2.27. The Morgan fingerprint density at radius 1 is 0.207 bits per heavy atom. The lowest BCUT2D eigenvalue weighted by molar-refractivity contribution is 0.101. The average molecular weight is 1560 g/mol. The van der Waals surface area contributed by atoms with Gasteiger partial charge in [0.15, 0.2) is 5.78 Å². The summed E-state index contributed by atoms with van der Waals surface area (Å²) in [7, 11) is -3.95. The summed E-state index contributed by atoms with van der Waals surface area (Å²) in [5, 5.41) is 17.8. The van der Waals surface area contributed by atoms with Crippen LogP contribution in [0.4, 0.5) is 34.1 Å². The topological polar surface area (TPSA) is 226 Å². The van der Waals surface area contributed by atoms with Crippen LogP contribution in [0.2, 0.25) is 0 Å². The minimum Gasteiger partial charge on any atom is -0.322 e. The van der Waals surface area contributed by atoms with Crippen molar-refractivity contribution in [1.29, 1.82) is 0 Å². The zero-order chi connectivity index (χ0) is 84.5. The SMILES string of the molecule is Cc1ccc(C(=O)Nc2cc(C(=O)c3ccc(C)c(NC(=O)c4ccc(C)c(C)c4)c3)ccc2C)cc1C.Cc1ccc(C(=O)Nc2cc(C(C)(C)c3ccc(C)c(NC(=O)c4ccc(C)c(C)c4)c3)ccc2C)cc1C.Cc1ccc(C(=O)Nc2cc(S(=O)(=O)c3ccc(C)c(NC(=O)c4ccc(C)c(C)c4)c3)ccc2C)cc1C. The number of ketones is 1. The molecule has 0 radical (unpaired) electrons. The molecule has 0 heterocycles. The Balaban J connectivity index is 0.000000184. The summed E-state index contributed by atoms with van der Waals surface area (Å²) in [6.45, 7) is 39.6. The van der Waals surface area contributed by atoms with Gasteiger partial charge in [0, 0.05) is 84.0 Å². The molecule has 0 aliphatic carbocycles. The number of carbonyl (C=O) groups excluding carboxylic acids is 7. The van der Waals surface area contributed by atoms with Gasteiger partial charge in [-0.1, -0.05) is 111 Å². The van der Waals surface area contributed by atoms with Crippen LogP contribution in [0.25, 0.3) is 0 Å². The van der Waals surface area contributed by atoms with E-state index >= 15 is 0 Å². The highest BCUT2D eigenvalue weighted by atomic mass is 32.2. The summed E-state index contributed by atoms with van der Waals surface area (Å²) < 4.78 is 27.2. The molecular weight excluding hydrogens is 1460 g/mol. The van der Waals surface area contributed by atoms with Crippen LogP contribution in [0, 0.1) is 125 Å². The zero-order valence-electron chi connectivity index (χ0n) is 69.9. The quantitative estimate of drug-likeness (QED) is 0.0449. The van der Waals surface area contributed by atoms with E-state index in [9.17, 15) is 42.0 Å². The van der Waals surface area contributed by atoms with Gasteiger partial charge in [0.05, 0.1) is 9.79 Å². The molecule has 0 saturated heterocycles. The van der Waals surface area contributed by atoms with Crippen molar-refractivity contribution in [1.82, 2.24) is 0 Å². The molecule has 15 nitrogen and oxygen atoms in total. The highest BCUT2D eigenvalue weighted by molar-refractivity contribution is 7.91. The second-order valence-corrected chi connectivity index (χ2v) is 33.0. The molecule has 0 aliphatic rings. The fourth-order valence-corrected chi connectivity index (χ4v) is 14.1. The summed E-state index contributed by atoms with van der Waals surface area (Å²) in [5.74, 6) is -1.54. The van der Waals surface area contributed by atoms with E-state index in [0.29, 0.717) is 67.3 Å². The third-order valence-electron chi connectivity index (χ3n) is 22.1. The van der Waals surface area contributed by atoms with Crippen LogP contribution in [-0.4, -0.2) is 49.6 Å². The molecular formula is C100H102N6O9S. The Bertz CT molecular complexity index is 5690. The number of rotatable bonds is 18. The van der Waals surface area contributed by atoms with Crippen molar-refractivity contribution in [2.75, 3.05) is 31.9 Å². The number of anilines is 6. The summed E-state index contributed by atoms with van der Waals surface area (Å²) in [5.41, 5.74) is 27.8. The maximum absolute atomic E-state index is 13.6. The van der Waals surface area contributed by atoms with Gasteiger partial charge in [0.1, 0.15) is 0 Å². The van der Waals surface area contributed by atoms with Crippen LogP contribution >= 0.6 is 0 Å². The van der Waals surface area contributed by atoms with Crippen molar-refractivity contribution >= 4 is 85.2 Å². The van der Waals surface area contributed by atoms with E-state index in [1.807, 2.05) is 208 Å². The lowest BCUT2D eigenvalue weighted by Crippen LogP contribution is -2.21. The van der Waals surface area contributed by atoms with Gasteiger partial charge < -0.3 is 31.9 Å². The smallest absolute Gasteiger partial charge is 0.255 e. The van der Waals surface area contributed by atoms with Crippen LogP contribution in [0.3, 0.4) is 0 Å². The molecule has 0 saturated carbocycles. The third kappa shape index (κ3) is 20.3. The van der Waals surface area contributed by atoms with Gasteiger partial charge in [0.25, 0.3) is 35.4 Å². The van der Waals surface area contributed by atoms with Crippen molar-refractivity contribution in [3.8, 4) is 0 Å². The molecule has 0 aliphatic heterocycles. The molecule has 12 rings (SSSR count). The first-order chi connectivity index (χ1) is 54.8. The molecule has 12 aromatic rings. The first kappa shape index (κ1) is 85.5. The van der Waals surface area contributed by atoms with Gasteiger partial charge in [0.2, 0.25) is 9.84 Å². The Kier molecular flexibility index (Phi) is 26.6. The monoisotopic (exact) mass is 1560 g/mol. The highest BCUT2D eigenvalue weighted by Crippen LogP contribution is 2.37. The second kappa shape index (κ2) is 36.1. The van der Waals surface area contributed by atoms with Crippen molar-refractivity contribution < 1.29 is 42.0 Å². The summed E-state index contributed by atoms with van der Waals surface area (Å²) >= 11 is 0. The Labute approximate surface area is 682 Å². The number of amides is 6. The van der Waals surface area contributed by atoms with E-state index in [1.165, 1.54) is 24.3 Å². The molecule has 0 aromatic heterocycles. The predicted molar refractivity (Wildman–Crippen MR) is 471 cm³/mol. The van der Waals surface area contributed by atoms with Gasteiger partial charge in [-0.25, -0.2) is 8.42 Å². The maximum Gasteiger partial charge on any atom is 0.255 e.